The van der Waals surface area contributed by atoms with Crippen LogP contribution in [0.5, 0.6) is 0 Å². The van der Waals surface area contributed by atoms with Gasteiger partial charge in [-0.15, -0.1) is 24.8 Å². The minimum Gasteiger partial charge on any atom is -0.359 e. The van der Waals surface area contributed by atoms with Crippen LogP contribution in [-0.4, -0.2) is 32.5 Å². The third-order valence-corrected chi connectivity index (χ3v) is 1.29. The fourth-order valence-electron chi connectivity index (χ4n) is 0.817. The van der Waals surface area contributed by atoms with Crippen molar-refractivity contribution in [2.24, 2.45) is 0 Å². The Morgan fingerprint density at radius 2 is 2.33 bits per heavy atom. The summed E-state index contributed by atoms with van der Waals surface area (Å²) in [6, 6.07) is 0. The summed E-state index contributed by atoms with van der Waals surface area (Å²) in [7, 11) is 0. The maximum Gasteiger partial charge on any atom is 0.142 e. The van der Waals surface area contributed by atoms with Gasteiger partial charge in [0, 0.05) is 13.1 Å². The maximum atomic E-state index is 5.28. The van der Waals surface area contributed by atoms with E-state index in [0.29, 0.717) is 6.61 Å². The van der Waals surface area contributed by atoms with E-state index < -0.39 is 0 Å². The molecule has 1 unspecified atom stereocenters. The number of hydrogen-bond donors (Lipinski definition) is 2. The zero-order chi connectivity index (χ0) is 7.23. The standard InChI is InChI=1S/C6H14N2O2.2ClH/c1-2-10-8-6-5-7-3-4-9-6;;/h6-8H,2-5H2,1H3;2*1H. The molecule has 1 fully saturated rings. The van der Waals surface area contributed by atoms with Gasteiger partial charge in [-0.2, -0.15) is 5.48 Å². The lowest BCUT2D eigenvalue weighted by molar-refractivity contribution is -0.0974. The molecule has 1 heterocycles. The van der Waals surface area contributed by atoms with E-state index >= 15 is 0 Å². The first-order chi connectivity index (χ1) is 4.93. The van der Waals surface area contributed by atoms with E-state index in [4.69, 9.17) is 9.57 Å². The summed E-state index contributed by atoms with van der Waals surface area (Å²) < 4.78 is 5.28. The topological polar surface area (TPSA) is 42.5 Å². The molecule has 0 aromatic rings. The van der Waals surface area contributed by atoms with Gasteiger partial charge in [-0.25, -0.2) is 0 Å². The monoisotopic (exact) mass is 218 g/mol. The van der Waals surface area contributed by atoms with Crippen LogP contribution in [0.25, 0.3) is 0 Å². The molecular weight excluding hydrogens is 203 g/mol. The highest BCUT2D eigenvalue weighted by molar-refractivity contribution is 5.85. The number of nitrogens with one attached hydrogen (secondary N) is 2. The molecule has 6 heteroatoms. The van der Waals surface area contributed by atoms with Gasteiger partial charge in [-0.1, -0.05) is 0 Å². The quantitative estimate of drug-likeness (QED) is 0.671. The second kappa shape index (κ2) is 9.51. The first-order valence-electron chi connectivity index (χ1n) is 3.63. The normalized spacial score (nSPS) is 22.2. The molecule has 1 rings (SSSR count). The molecule has 4 nitrogen and oxygen atoms in total. The lowest BCUT2D eigenvalue weighted by Gasteiger charge is -2.23. The van der Waals surface area contributed by atoms with Gasteiger partial charge < -0.3 is 10.1 Å². The first kappa shape index (κ1) is 14.9. The van der Waals surface area contributed by atoms with Crippen molar-refractivity contribution in [3.8, 4) is 0 Å². The third kappa shape index (κ3) is 5.99. The molecule has 1 aliphatic rings. The van der Waals surface area contributed by atoms with Crippen LogP contribution in [0.2, 0.25) is 0 Å². The molecule has 76 valence electrons. The fraction of sp³-hybridized carbons (Fsp3) is 1.00. The van der Waals surface area contributed by atoms with Gasteiger partial charge in [0.2, 0.25) is 0 Å². The van der Waals surface area contributed by atoms with E-state index in [-0.39, 0.29) is 31.0 Å². The van der Waals surface area contributed by atoms with Gasteiger partial charge in [0.15, 0.2) is 0 Å². The lowest BCUT2D eigenvalue weighted by Crippen LogP contribution is -2.46. The van der Waals surface area contributed by atoms with E-state index in [2.05, 4.69) is 10.8 Å². The van der Waals surface area contributed by atoms with Crippen molar-refractivity contribution in [3.63, 3.8) is 0 Å². The predicted octanol–water partition coefficient (Wildman–Crippen LogP) is 0.317. The minimum absolute atomic E-state index is 0. The Morgan fingerprint density at radius 3 is 2.83 bits per heavy atom. The molecule has 0 spiro atoms. The van der Waals surface area contributed by atoms with Gasteiger partial charge in [-0.3, -0.25) is 4.84 Å². The largest absolute Gasteiger partial charge is 0.359 e. The highest BCUT2D eigenvalue weighted by Crippen LogP contribution is 1.90. The molecule has 1 saturated heterocycles. The number of halogens is 2. The van der Waals surface area contributed by atoms with Crippen molar-refractivity contribution in [2.45, 2.75) is 13.2 Å². The number of hydrogen-bond acceptors (Lipinski definition) is 4. The van der Waals surface area contributed by atoms with Crippen molar-refractivity contribution in [3.05, 3.63) is 0 Å². The SMILES string of the molecule is CCONC1CNCCO1.Cl.Cl. The second-order valence-electron chi connectivity index (χ2n) is 2.11. The van der Waals surface area contributed by atoms with Gasteiger partial charge in [0.05, 0.1) is 13.2 Å². The average molecular weight is 219 g/mol. The minimum atomic E-state index is 0. The van der Waals surface area contributed by atoms with Crippen molar-refractivity contribution < 1.29 is 9.57 Å². The Kier molecular flexibility index (Phi) is 11.8. The summed E-state index contributed by atoms with van der Waals surface area (Å²) in [5.41, 5.74) is 2.79. The highest BCUT2D eigenvalue weighted by atomic mass is 35.5. The number of morpholine rings is 1. The Labute approximate surface area is 85.1 Å². The lowest BCUT2D eigenvalue weighted by atomic mass is 10.5. The maximum absolute atomic E-state index is 5.28. The van der Waals surface area contributed by atoms with E-state index in [1.165, 1.54) is 0 Å². The van der Waals surface area contributed by atoms with Crippen LogP contribution in [0.3, 0.4) is 0 Å². The molecule has 0 bridgehead atoms. The number of ether oxygens (including phenoxy) is 1. The molecule has 0 aromatic carbocycles. The van der Waals surface area contributed by atoms with Crippen LogP contribution < -0.4 is 10.8 Å². The zero-order valence-electron chi connectivity index (χ0n) is 7.04. The second-order valence-corrected chi connectivity index (χ2v) is 2.11. The van der Waals surface area contributed by atoms with Crippen LogP contribution in [-0.2, 0) is 9.57 Å². The van der Waals surface area contributed by atoms with E-state index in [1.807, 2.05) is 6.92 Å². The Hall–Kier alpha value is 0.420. The highest BCUT2D eigenvalue weighted by Gasteiger charge is 2.11. The molecule has 12 heavy (non-hydrogen) atoms. The van der Waals surface area contributed by atoms with Gasteiger partial charge in [0.1, 0.15) is 6.23 Å². The smallest absolute Gasteiger partial charge is 0.142 e. The van der Waals surface area contributed by atoms with Crippen LogP contribution in [0.15, 0.2) is 0 Å². The Balaban J connectivity index is 0. The Bertz CT molecular complexity index is 91.6. The Morgan fingerprint density at radius 1 is 1.58 bits per heavy atom. The fourth-order valence-corrected chi connectivity index (χ4v) is 0.817. The van der Waals surface area contributed by atoms with Crippen molar-refractivity contribution >= 4 is 24.8 Å². The van der Waals surface area contributed by atoms with E-state index in [9.17, 15) is 0 Å². The molecule has 1 aliphatic heterocycles. The summed E-state index contributed by atoms with van der Waals surface area (Å²) in [6.45, 7) is 5.11. The first-order valence-corrected chi connectivity index (χ1v) is 3.63. The number of hydroxylamine groups is 1. The van der Waals surface area contributed by atoms with Crippen molar-refractivity contribution in [1.82, 2.24) is 10.8 Å². The van der Waals surface area contributed by atoms with Crippen molar-refractivity contribution in [1.29, 1.82) is 0 Å². The summed E-state index contributed by atoms with van der Waals surface area (Å²) >= 11 is 0. The van der Waals surface area contributed by atoms with E-state index in [0.717, 1.165) is 19.7 Å². The van der Waals surface area contributed by atoms with Crippen LogP contribution in [0.1, 0.15) is 6.92 Å². The van der Waals surface area contributed by atoms with Gasteiger partial charge in [-0.05, 0) is 6.92 Å². The predicted molar refractivity (Wildman–Crippen MR) is 51.9 cm³/mol. The van der Waals surface area contributed by atoms with Crippen LogP contribution >= 0.6 is 24.8 Å². The molecule has 2 N–H and O–H groups in total. The summed E-state index contributed by atoms with van der Waals surface area (Å²) in [6.07, 6.45) is 0.0219. The number of rotatable bonds is 3. The summed E-state index contributed by atoms with van der Waals surface area (Å²) in [5.74, 6) is 0. The van der Waals surface area contributed by atoms with Crippen LogP contribution in [0.4, 0.5) is 0 Å². The van der Waals surface area contributed by atoms with E-state index in [1.54, 1.807) is 0 Å². The summed E-state index contributed by atoms with van der Waals surface area (Å²) in [5, 5.41) is 3.18. The molecule has 0 aromatic heterocycles. The average Bonchev–Trinajstić information content (AvgIpc) is 2.03. The van der Waals surface area contributed by atoms with Gasteiger partial charge in [0.25, 0.3) is 0 Å². The van der Waals surface area contributed by atoms with Crippen molar-refractivity contribution in [2.75, 3.05) is 26.3 Å². The molecular formula is C6H16Cl2N2O2. The van der Waals surface area contributed by atoms with Crippen LogP contribution in [0, 0.1) is 0 Å². The summed E-state index contributed by atoms with van der Waals surface area (Å²) in [4.78, 5) is 4.96. The molecule has 0 amide bonds. The molecule has 0 radical (unpaired) electrons. The molecule has 0 aliphatic carbocycles. The third-order valence-electron chi connectivity index (χ3n) is 1.29. The molecule has 1 atom stereocenters. The zero-order valence-corrected chi connectivity index (χ0v) is 8.67. The molecule has 0 saturated carbocycles. The van der Waals surface area contributed by atoms with Gasteiger partial charge >= 0.3 is 0 Å².